The van der Waals surface area contributed by atoms with E-state index in [4.69, 9.17) is 9.15 Å². The lowest BCUT2D eigenvalue weighted by Gasteiger charge is -2.54. The lowest BCUT2D eigenvalue weighted by molar-refractivity contribution is -0.117. The quantitative estimate of drug-likeness (QED) is 0.747. The van der Waals surface area contributed by atoms with E-state index in [0.29, 0.717) is 17.6 Å². The summed E-state index contributed by atoms with van der Waals surface area (Å²) in [6.45, 7) is 3.46. The first kappa shape index (κ1) is 10.6. The number of esters is 1. The van der Waals surface area contributed by atoms with Gasteiger partial charge in [-0.3, -0.25) is 0 Å². The van der Waals surface area contributed by atoms with Gasteiger partial charge in [0.2, 0.25) is 5.76 Å². The molecule has 1 aromatic heterocycles. The highest BCUT2D eigenvalue weighted by molar-refractivity contribution is 5.86. The van der Waals surface area contributed by atoms with Crippen LogP contribution in [0.2, 0.25) is 0 Å². The van der Waals surface area contributed by atoms with Crippen molar-refractivity contribution in [3.05, 3.63) is 24.2 Å². The number of hydrogen-bond donors (Lipinski definition) is 0. The molecule has 4 nitrogen and oxygen atoms in total. The maximum Gasteiger partial charge on any atom is 0.374 e. The molecule has 4 fully saturated rings. The molecule has 18 heavy (non-hydrogen) atoms. The maximum atomic E-state index is 12.0. The Morgan fingerprint density at radius 3 is 2.67 bits per heavy atom. The first-order valence-corrected chi connectivity index (χ1v) is 6.76. The monoisotopic (exact) mass is 247 g/mol. The molecule has 4 heterocycles. The molecule has 5 rings (SSSR count). The molecule has 2 unspecified atom stereocenters. The second-order valence-corrected chi connectivity index (χ2v) is 5.92. The zero-order chi connectivity index (χ0) is 12.1. The van der Waals surface area contributed by atoms with Gasteiger partial charge in [-0.15, -0.1) is 0 Å². The van der Waals surface area contributed by atoms with Gasteiger partial charge in [-0.25, -0.2) is 4.79 Å². The predicted molar refractivity (Wildman–Crippen MR) is 64.1 cm³/mol. The van der Waals surface area contributed by atoms with Gasteiger partial charge in [0.05, 0.1) is 6.26 Å². The molecule has 1 saturated carbocycles. The molecule has 4 aliphatic rings. The van der Waals surface area contributed by atoms with Gasteiger partial charge in [0, 0.05) is 31.5 Å². The molecule has 1 aliphatic carbocycles. The van der Waals surface area contributed by atoms with E-state index in [1.807, 2.05) is 0 Å². The van der Waals surface area contributed by atoms with E-state index in [2.05, 4.69) is 4.90 Å². The number of ether oxygens (including phenoxy) is 1. The molecular formula is C14H17NO3. The zero-order valence-electron chi connectivity index (χ0n) is 10.2. The molecule has 4 bridgehead atoms. The van der Waals surface area contributed by atoms with E-state index in [0.717, 1.165) is 19.0 Å². The van der Waals surface area contributed by atoms with Crippen molar-refractivity contribution in [1.29, 1.82) is 0 Å². The Bertz CT molecular complexity index is 426. The van der Waals surface area contributed by atoms with Crippen LogP contribution in [0.15, 0.2) is 22.8 Å². The third kappa shape index (κ3) is 1.59. The van der Waals surface area contributed by atoms with Crippen LogP contribution in [0, 0.1) is 17.8 Å². The minimum atomic E-state index is -0.299. The second-order valence-electron chi connectivity index (χ2n) is 5.92. The minimum absolute atomic E-state index is 0.107. The van der Waals surface area contributed by atoms with Gasteiger partial charge < -0.3 is 14.1 Å². The van der Waals surface area contributed by atoms with Crippen LogP contribution < -0.4 is 0 Å². The number of hydrogen-bond acceptors (Lipinski definition) is 4. The molecule has 1 aromatic rings. The Hall–Kier alpha value is -1.29. The number of carbonyl (C=O) groups is 1. The minimum Gasteiger partial charge on any atom is -0.457 e. The summed E-state index contributed by atoms with van der Waals surface area (Å²) in [5, 5.41) is 0. The first-order chi connectivity index (χ1) is 8.79. The van der Waals surface area contributed by atoms with E-state index >= 15 is 0 Å². The van der Waals surface area contributed by atoms with Gasteiger partial charge in [0.15, 0.2) is 0 Å². The van der Waals surface area contributed by atoms with Crippen LogP contribution in [0.25, 0.3) is 0 Å². The zero-order valence-corrected chi connectivity index (χ0v) is 10.2. The number of rotatable bonds is 2. The van der Waals surface area contributed by atoms with Gasteiger partial charge in [0.25, 0.3) is 0 Å². The van der Waals surface area contributed by atoms with Crippen LogP contribution in [-0.2, 0) is 4.74 Å². The number of piperidine rings is 3. The summed E-state index contributed by atoms with van der Waals surface area (Å²) in [4.78, 5) is 14.5. The maximum absolute atomic E-state index is 12.0. The summed E-state index contributed by atoms with van der Waals surface area (Å²) < 4.78 is 10.8. The van der Waals surface area contributed by atoms with Crippen LogP contribution in [-0.4, -0.2) is 36.6 Å². The average Bonchev–Trinajstić information content (AvgIpc) is 2.86. The Morgan fingerprint density at radius 2 is 2.06 bits per heavy atom. The summed E-state index contributed by atoms with van der Waals surface area (Å²) >= 11 is 0. The van der Waals surface area contributed by atoms with Crippen LogP contribution in [0.4, 0.5) is 0 Å². The largest absolute Gasteiger partial charge is 0.457 e. The SMILES string of the molecule is O=C(OC1C2CC3CC1CN(C3)C2)c1ccco1. The van der Waals surface area contributed by atoms with Gasteiger partial charge >= 0.3 is 5.97 Å². The molecule has 0 spiro atoms. The number of nitrogens with zero attached hydrogens (tertiary/aromatic N) is 1. The molecule has 0 N–H and O–H groups in total. The summed E-state index contributed by atoms with van der Waals surface area (Å²) in [7, 11) is 0. The summed E-state index contributed by atoms with van der Waals surface area (Å²) in [6.07, 6.45) is 4.07. The highest BCUT2D eigenvalue weighted by Gasteiger charge is 2.49. The fraction of sp³-hybridized carbons (Fsp3) is 0.643. The van der Waals surface area contributed by atoms with Crippen molar-refractivity contribution in [2.45, 2.75) is 18.9 Å². The van der Waals surface area contributed by atoms with Crippen molar-refractivity contribution in [1.82, 2.24) is 4.90 Å². The molecule has 2 atom stereocenters. The van der Waals surface area contributed by atoms with E-state index in [-0.39, 0.29) is 12.1 Å². The average molecular weight is 247 g/mol. The van der Waals surface area contributed by atoms with Gasteiger partial charge in [0.1, 0.15) is 6.10 Å². The molecule has 0 aromatic carbocycles. The standard InChI is InChI=1S/C14H17NO3/c16-14(12-2-1-3-17-12)18-13-10-4-9-5-11(13)8-15(6-9)7-10/h1-3,9-11,13H,4-8H2. The van der Waals surface area contributed by atoms with Gasteiger partial charge in [-0.1, -0.05) is 0 Å². The molecule has 3 aliphatic heterocycles. The topological polar surface area (TPSA) is 42.7 Å². The van der Waals surface area contributed by atoms with E-state index in [1.165, 1.54) is 25.6 Å². The Balaban J connectivity index is 1.50. The van der Waals surface area contributed by atoms with Crippen molar-refractivity contribution in [2.75, 3.05) is 19.6 Å². The number of carbonyl (C=O) groups excluding carboxylic acids is 1. The normalized spacial score (nSPS) is 41.0. The lowest BCUT2D eigenvalue weighted by Crippen LogP contribution is -2.60. The second kappa shape index (κ2) is 3.85. The van der Waals surface area contributed by atoms with Crippen LogP contribution in [0.5, 0.6) is 0 Å². The summed E-state index contributed by atoms with van der Waals surface area (Å²) in [6, 6.07) is 3.39. The van der Waals surface area contributed by atoms with Crippen molar-refractivity contribution >= 4 is 5.97 Å². The lowest BCUT2D eigenvalue weighted by atomic mass is 9.66. The van der Waals surface area contributed by atoms with Crippen molar-refractivity contribution in [3.8, 4) is 0 Å². The Kier molecular flexibility index (Phi) is 2.27. The summed E-state index contributed by atoms with van der Waals surface area (Å²) in [5.41, 5.74) is 0. The fourth-order valence-electron chi connectivity index (χ4n) is 4.13. The van der Waals surface area contributed by atoms with Crippen LogP contribution >= 0.6 is 0 Å². The Morgan fingerprint density at radius 1 is 1.28 bits per heavy atom. The molecule has 0 amide bonds. The third-order valence-corrected chi connectivity index (χ3v) is 4.67. The van der Waals surface area contributed by atoms with Crippen molar-refractivity contribution < 1.29 is 13.9 Å². The number of furan rings is 1. The van der Waals surface area contributed by atoms with Crippen molar-refractivity contribution in [3.63, 3.8) is 0 Å². The summed E-state index contributed by atoms with van der Waals surface area (Å²) in [5.74, 6) is 1.93. The highest BCUT2D eigenvalue weighted by atomic mass is 16.6. The van der Waals surface area contributed by atoms with Gasteiger partial charge in [-0.05, 0) is 30.9 Å². The molecule has 0 radical (unpaired) electrons. The van der Waals surface area contributed by atoms with E-state index in [9.17, 15) is 4.79 Å². The fourth-order valence-corrected chi connectivity index (χ4v) is 4.13. The Labute approximate surface area is 106 Å². The smallest absolute Gasteiger partial charge is 0.374 e. The van der Waals surface area contributed by atoms with E-state index < -0.39 is 0 Å². The molecule has 3 saturated heterocycles. The highest BCUT2D eigenvalue weighted by Crippen LogP contribution is 2.44. The van der Waals surface area contributed by atoms with Crippen LogP contribution in [0.3, 0.4) is 0 Å². The van der Waals surface area contributed by atoms with Crippen LogP contribution in [0.1, 0.15) is 23.4 Å². The van der Waals surface area contributed by atoms with Gasteiger partial charge in [-0.2, -0.15) is 0 Å². The molecule has 96 valence electrons. The first-order valence-electron chi connectivity index (χ1n) is 6.76. The predicted octanol–water partition coefficient (Wildman–Crippen LogP) is 1.78. The van der Waals surface area contributed by atoms with E-state index in [1.54, 1.807) is 12.1 Å². The van der Waals surface area contributed by atoms with Crippen molar-refractivity contribution in [2.24, 2.45) is 17.8 Å². The molecule has 4 heteroatoms. The third-order valence-electron chi connectivity index (χ3n) is 4.67. The molecular weight excluding hydrogens is 230 g/mol.